The predicted molar refractivity (Wildman–Crippen MR) is 78.7 cm³/mol. The summed E-state index contributed by atoms with van der Waals surface area (Å²) >= 11 is 0. The van der Waals surface area contributed by atoms with Crippen LogP contribution in [0, 0.1) is 5.41 Å². The maximum Gasteiger partial charge on any atom is 0.329 e. The Labute approximate surface area is 121 Å². The summed E-state index contributed by atoms with van der Waals surface area (Å²) in [6, 6.07) is -0.159. The van der Waals surface area contributed by atoms with Gasteiger partial charge in [-0.05, 0) is 24.7 Å². The van der Waals surface area contributed by atoms with E-state index in [-0.39, 0.29) is 11.4 Å². The van der Waals surface area contributed by atoms with Crippen LogP contribution in [-0.2, 0) is 4.79 Å². The highest BCUT2D eigenvalue weighted by atomic mass is 16.4. The maximum absolute atomic E-state index is 12.6. The Bertz CT molecular complexity index is 376. The van der Waals surface area contributed by atoms with Crippen LogP contribution in [0.5, 0.6) is 0 Å². The number of hydrogen-bond donors (Lipinski definition) is 1. The molecule has 0 aromatic heterocycles. The number of carboxylic acid groups (broad SMARTS) is 1. The molecule has 1 rings (SSSR count). The number of urea groups is 1. The summed E-state index contributed by atoms with van der Waals surface area (Å²) in [5.41, 5.74) is -1.00. The first-order chi connectivity index (χ1) is 9.14. The van der Waals surface area contributed by atoms with Gasteiger partial charge in [-0.3, -0.25) is 0 Å². The second kappa shape index (κ2) is 6.02. The van der Waals surface area contributed by atoms with Crippen LogP contribution in [0.4, 0.5) is 4.79 Å². The topological polar surface area (TPSA) is 60.9 Å². The number of carbonyl (C=O) groups is 2. The molecule has 1 aliphatic heterocycles. The number of nitrogens with zero attached hydrogens (tertiary/aromatic N) is 2. The second-order valence-electron chi connectivity index (χ2n) is 7.04. The molecule has 0 spiro atoms. The number of amides is 2. The van der Waals surface area contributed by atoms with Gasteiger partial charge in [0.05, 0.1) is 0 Å². The van der Waals surface area contributed by atoms with Crippen molar-refractivity contribution in [1.29, 1.82) is 0 Å². The zero-order valence-electron chi connectivity index (χ0n) is 13.4. The van der Waals surface area contributed by atoms with Crippen molar-refractivity contribution in [2.45, 2.75) is 58.9 Å². The standard InChI is InChI=1S/C15H28N2O3/c1-6-8-15(12(18)19)9-7-10-17(15)13(20)16(5)11-14(2,3)4/h6-11H2,1-5H3,(H,18,19). The Balaban J connectivity index is 2.92. The molecule has 5 heteroatoms. The number of rotatable bonds is 4. The minimum Gasteiger partial charge on any atom is -0.479 e. The van der Waals surface area contributed by atoms with Gasteiger partial charge in [0.25, 0.3) is 0 Å². The van der Waals surface area contributed by atoms with Crippen LogP contribution >= 0.6 is 0 Å². The summed E-state index contributed by atoms with van der Waals surface area (Å²) in [4.78, 5) is 27.6. The van der Waals surface area contributed by atoms with Crippen molar-refractivity contribution in [2.75, 3.05) is 20.1 Å². The van der Waals surface area contributed by atoms with Crippen molar-refractivity contribution in [2.24, 2.45) is 5.41 Å². The Morgan fingerprint density at radius 3 is 2.40 bits per heavy atom. The van der Waals surface area contributed by atoms with E-state index in [1.165, 1.54) is 0 Å². The fourth-order valence-corrected chi connectivity index (χ4v) is 3.15. The number of aliphatic carboxylic acids is 1. The average molecular weight is 284 g/mol. The highest BCUT2D eigenvalue weighted by molar-refractivity contribution is 5.87. The lowest BCUT2D eigenvalue weighted by atomic mass is 9.90. The SMILES string of the molecule is CCCC1(C(=O)O)CCCN1C(=O)N(C)CC(C)(C)C. The third kappa shape index (κ3) is 3.44. The van der Waals surface area contributed by atoms with Crippen molar-refractivity contribution in [3.05, 3.63) is 0 Å². The summed E-state index contributed by atoms with van der Waals surface area (Å²) in [5, 5.41) is 9.62. The third-order valence-corrected chi connectivity index (χ3v) is 3.82. The van der Waals surface area contributed by atoms with Crippen molar-refractivity contribution in [3.8, 4) is 0 Å². The highest BCUT2D eigenvalue weighted by Crippen LogP contribution is 2.35. The Morgan fingerprint density at radius 1 is 1.35 bits per heavy atom. The van der Waals surface area contributed by atoms with E-state index in [2.05, 4.69) is 20.8 Å². The minimum atomic E-state index is -1.00. The molecule has 0 radical (unpaired) electrons. The molecule has 1 aliphatic rings. The van der Waals surface area contributed by atoms with E-state index in [1.807, 2.05) is 6.92 Å². The number of hydrogen-bond acceptors (Lipinski definition) is 2. The van der Waals surface area contributed by atoms with Crippen molar-refractivity contribution in [1.82, 2.24) is 9.80 Å². The molecule has 1 fully saturated rings. The lowest BCUT2D eigenvalue weighted by Crippen LogP contribution is -2.56. The van der Waals surface area contributed by atoms with Gasteiger partial charge in [0.1, 0.15) is 5.54 Å². The van der Waals surface area contributed by atoms with E-state index in [0.29, 0.717) is 25.9 Å². The molecule has 1 heterocycles. The molecule has 0 bridgehead atoms. The molecule has 1 saturated heterocycles. The average Bonchev–Trinajstić information content (AvgIpc) is 2.71. The number of likely N-dealkylation sites (tertiary alicyclic amines) is 1. The van der Waals surface area contributed by atoms with Gasteiger partial charge in [-0.25, -0.2) is 9.59 Å². The fraction of sp³-hybridized carbons (Fsp3) is 0.867. The molecule has 0 aromatic rings. The number of carboxylic acids is 1. The summed E-state index contributed by atoms with van der Waals surface area (Å²) < 4.78 is 0. The van der Waals surface area contributed by atoms with E-state index >= 15 is 0 Å². The minimum absolute atomic E-state index is 0.000768. The number of carbonyl (C=O) groups excluding carboxylic acids is 1. The molecule has 0 aromatic carbocycles. The zero-order valence-corrected chi connectivity index (χ0v) is 13.4. The fourth-order valence-electron chi connectivity index (χ4n) is 3.15. The second-order valence-corrected chi connectivity index (χ2v) is 7.04. The largest absolute Gasteiger partial charge is 0.479 e. The van der Waals surface area contributed by atoms with Crippen LogP contribution in [0.15, 0.2) is 0 Å². The summed E-state index contributed by atoms with van der Waals surface area (Å²) in [6.07, 6.45) is 2.61. The zero-order chi connectivity index (χ0) is 15.6. The molecule has 0 aliphatic carbocycles. The molecule has 5 nitrogen and oxygen atoms in total. The van der Waals surface area contributed by atoms with E-state index in [0.717, 1.165) is 12.8 Å². The van der Waals surface area contributed by atoms with E-state index < -0.39 is 11.5 Å². The molecule has 0 saturated carbocycles. The maximum atomic E-state index is 12.6. The Hall–Kier alpha value is -1.26. The van der Waals surface area contributed by atoms with Crippen molar-refractivity contribution in [3.63, 3.8) is 0 Å². The normalized spacial score (nSPS) is 22.9. The first-order valence-corrected chi connectivity index (χ1v) is 7.40. The van der Waals surface area contributed by atoms with Gasteiger partial charge >= 0.3 is 12.0 Å². The van der Waals surface area contributed by atoms with Gasteiger partial charge in [0.15, 0.2) is 0 Å². The lowest BCUT2D eigenvalue weighted by Gasteiger charge is -2.38. The van der Waals surface area contributed by atoms with Gasteiger partial charge in [-0.1, -0.05) is 34.1 Å². The molecule has 1 N–H and O–H groups in total. The van der Waals surface area contributed by atoms with Crippen LogP contribution in [0.25, 0.3) is 0 Å². The summed E-state index contributed by atoms with van der Waals surface area (Å²) in [6.45, 7) is 9.32. The first kappa shape index (κ1) is 16.8. The van der Waals surface area contributed by atoms with Crippen LogP contribution in [0.2, 0.25) is 0 Å². The predicted octanol–water partition coefficient (Wildman–Crippen LogP) is 2.80. The smallest absolute Gasteiger partial charge is 0.329 e. The molecule has 1 unspecified atom stereocenters. The molecule has 1 atom stereocenters. The molecular weight excluding hydrogens is 256 g/mol. The van der Waals surface area contributed by atoms with E-state index in [9.17, 15) is 14.7 Å². The Kier molecular flexibility index (Phi) is 5.05. The third-order valence-electron chi connectivity index (χ3n) is 3.82. The molecule has 20 heavy (non-hydrogen) atoms. The Morgan fingerprint density at radius 2 is 1.95 bits per heavy atom. The van der Waals surface area contributed by atoms with Crippen LogP contribution in [-0.4, -0.2) is 52.6 Å². The van der Waals surface area contributed by atoms with Gasteiger partial charge < -0.3 is 14.9 Å². The van der Waals surface area contributed by atoms with Crippen molar-refractivity contribution >= 4 is 12.0 Å². The van der Waals surface area contributed by atoms with Crippen LogP contribution < -0.4 is 0 Å². The molecule has 116 valence electrons. The quantitative estimate of drug-likeness (QED) is 0.863. The van der Waals surface area contributed by atoms with Gasteiger partial charge in [-0.15, -0.1) is 0 Å². The highest BCUT2D eigenvalue weighted by Gasteiger charge is 2.50. The van der Waals surface area contributed by atoms with Crippen LogP contribution in [0.3, 0.4) is 0 Å². The van der Waals surface area contributed by atoms with Gasteiger partial charge in [0, 0.05) is 20.1 Å². The van der Waals surface area contributed by atoms with E-state index in [4.69, 9.17) is 0 Å². The van der Waals surface area contributed by atoms with Crippen LogP contribution in [0.1, 0.15) is 53.4 Å². The monoisotopic (exact) mass is 284 g/mol. The van der Waals surface area contributed by atoms with Gasteiger partial charge in [0.2, 0.25) is 0 Å². The first-order valence-electron chi connectivity index (χ1n) is 7.40. The van der Waals surface area contributed by atoms with E-state index in [1.54, 1.807) is 16.8 Å². The summed E-state index contributed by atoms with van der Waals surface area (Å²) in [5.74, 6) is -0.866. The summed E-state index contributed by atoms with van der Waals surface area (Å²) in [7, 11) is 1.75. The molecule has 2 amide bonds. The van der Waals surface area contributed by atoms with Crippen molar-refractivity contribution < 1.29 is 14.7 Å². The molecular formula is C15H28N2O3. The van der Waals surface area contributed by atoms with Gasteiger partial charge in [-0.2, -0.15) is 0 Å². The lowest BCUT2D eigenvalue weighted by molar-refractivity contribution is -0.148.